The molecule has 3 N–H and O–H groups in total. The van der Waals surface area contributed by atoms with Gasteiger partial charge in [-0.3, -0.25) is 4.79 Å². The van der Waals surface area contributed by atoms with Crippen LogP contribution in [0.15, 0.2) is 41.8 Å². The van der Waals surface area contributed by atoms with Crippen molar-refractivity contribution in [1.82, 2.24) is 0 Å². The molecule has 0 radical (unpaired) electrons. The molecule has 5 heteroatoms. The largest absolute Gasteiger partial charge is 0.495 e. The second kappa shape index (κ2) is 6.06. The zero-order valence-electron chi connectivity index (χ0n) is 10.4. The molecule has 0 fully saturated rings. The summed E-state index contributed by atoms with van der Waals surface area (Å²) >= 11 is 1.58. The summed E-state index contributed by atoms with van der Waals surface area (Å²) in [7, 11) is 1.54. The highest BCUT2D eigenvalue weighted by Crippen LogP contribution is 2.24. The zero-order chi connectivity index (χ0) is 13.7. The van der Waals surface area contributed by atoms with Crippen LogP contribution in [0.1, 0.15) is 4.88 Å². The number of rotatable bonds is 4. The maximum atomic E-state index is 11.7. The molecular formula is C14H14N2O2S. The molecule has 0 bridgehead atoms. The molecule has 0 saturated heterocycles. The smallest absolute Gasteiger partial charge is 0.248 e. The first kappa shape index (κ1) is 13.2. The lowest BCUT2D eigenvalue weighted by Crippen LogP contribution is -2.08. The van der Waals surface area contributed by atoms with Crippen LogP contribution in [0, 0.1) is 0 Å². The van der Waals surface area contributed by atoms with E-state index in [0.717, 1.165) is 4.88 Å². The Bertz CT molecular complexity index is 591. The second-order valence-electron chi connectivity index (χ2n) is 3.79. The van der Waals surface area contributed by atoms with Gasteiger partial charge in [-0.15, -0.1) is 11.3 Å². The van der Waals surface area contributed by atoms with Crippen LogP contribution in [-0.4, -0.2) is 13.0 Å². The summed E-state index contributed by atoms with van der Waals surface area (Å²) < 4.78 is 5.09. The van der Waals surface area contributed by atoms with Crippen molar-refractivity contribution in [2.75, 3.05) is 18.2 Å². The average molecular weight is 274 g/mol. The molecule has 0 unspecified atom stereocenters. The van der Waals surface area contributed by atoms with Gasteiger partial charge in [-0.1, -0.05) is 6.07 Å². The van der Waals surface area contributed by atoms with E-state index in [4.69, 9.17) is 10.5 Å². The number of anilines is 2. The number of carbonyl (C=O) groups is 1. The normalized spacial score (nSPS) is 10.6. The van der Waals surface area contributed by atoms with Crippen LogP contribution in [0.3, 0.4) is 0 Å². The average Bonchev–Trinajstić information content (AvgIpc) is 2.92. The highest BCUT2D eigenvalue weighted by molar-refractivity contribution is 7.10. The molecule has 19 heavy (non-hydrogen) atoms. The van der Waals surface area contributed by atoms with Crippen molar-refractivity contribution in [2.24, 2.45) is 0 Å². The van der Waals surface area contributed by atoms with Gasteiger partial charge in [0, 0.05) is 22.7 Å². The van der Waals surface area contributed by atoms with Crippen LogP contribution in [0.5, 0.6) is 5.75 Å². The van der Waals surface area contributed by atoms with Crippen molar-refractivity contribution in [1.29, 1.82) is 0 Å². The molecule has 4 nitrogen and oxygen atoms in total. The molecule has 0 spiro atoms. The Labute approximate surface area is 115 Å². The van der Waals surface area contributed by atoms with Crippen molar-refractivity contribution < 1.29 is 9.53 Å². The van der Waals surface area contributed by atoms with Gasteiger partial charge in [-0.2, -0.15) is 0 Å². The third-order valence-corrected chi connectivity index (χ3v) is 3.28. The Morgan fingerprint density at radius 1 is 1.42 bits per heavy atom. The number of ether oxygens (including phenoxy) is 1. The molecule has 1 heterocycles. The first-order valence-electron chi connectivity index (χ1n) is 5.65. The Morgan fingerprint density at radius 3 is 2.95 bits per heavy atom. The third kappa shape index (κ3) is 3.59. The fourth-order valence-electron chi connectivity index (χ4n) is 1.52. The second-order valence-corrected chi connectivity index (χ2v) is 4.77. The van der Waals surface area contributed by atoms with Crippen LogP contribution in [0.4, 0.5) is 11.4 Å². The number of nitrogen functional groups attached to an aromatic ring is 1. The molecule has 0 aliphatic heterocycles. The Morgan fingerprint density at radius 2 is 2.26 bits per heavy atom. The van der Waals surface area contributed by atoms with E-state index >= 15 is 0 Å². The standard InChI is InChI=1S/C14H14N2O2S/c1-18-13-9-10(4-6-12(13)15)16-14(17)7-5-11-3-2-8-19-11/h2-9H,15H2,1H3,(H,16,17). The predicted molar refractivity (Wildman–Crippen MR) is 79.4 cm³/mol. The van der Waals surface area contributed by atoms with E-state index in [0.29, 0.717) is 17.1 Å². The fraction of sp³-hybridized carbons (Fsp3) is 0.0714. The summed E-state index contributed by atoms with van der Waals surface area (Å²) in [5.74, 6) is 0.347. The number of amides is 1. The van der Waals surface area contributed by atoms with E-state index in [2.05, 4.69) is 5.32 Å². The lowest BCUT2D eigenvalue weighted by atomic mass is 10.2. The Balaban J connectivity index is 2.03. The lowest BCUT2D eigenvalue weighted by Gasteiger charge is -2.07. The van der Waals surface area contributed by atoms with Gasteiger partial charge in [0.1, 0.15) is 5.75 Å². The molecule has 1 aromatic heterocycles. The number of benzene rings is 1. The lowest BCUT2D eigenvalue weighted by molar-refractivity contribution is -0.111. The first-order valence-corrected chi connectivity index (χ1v) is 6.53. The van der Waals surface area contributed by atoms with Gasteiger partial charge in [0.25, 0.3) is 0 Å². The minimum absolute atomic E-state index is 0.194. The van der Waals surface area contributed by atoms with Gasteiger partial charge in [0.15, 0.2) is 0 Å². The van der Waals surface area contributed by atoms with Crippen molar-refractivity contribution in [3.05, 3.63) is 46.7 Å². The zero-order valence-corrected chi connectivity index (χ0v) is 11.2. The van der Waals surface area contributed by atoms with Crippen LogP contribution < -0.4 is 15.8 Å². The van der Waals surface area contributed by atoms with E-state index in [1.165, 1.54) is 13.2 Å². The minimum Gasteiger partial charge on any atom is -0.495 e. The quantitative estimate of drug-likeness (QED) is 0.665. The number of methoxy groups -OCH3 is 1. The number of nitrogens with one attached hydrogen (secondary N) is 1. The van der Waals surface area contributed by atoms with Gasteiger partial charge in [-0.05, 0) is 29.7 Å². The van der Waals surface area contributed by atoms with Gasteiger partial charge >= 0.3 is 0 Å². The van der Waals surface area contributed by atoms with Crippen molar-refractivity contribution in [3.8, 4) is 5.75 Å². The Kier molecular flexibility index (Phi) is 4.20. The van der Waals surface area contributed by atoms with E-state index in [9.17, 15) is 4.79 Å². The first-order chi connectivity index (χ1) is 9.19. The van der Waals surface area contributed by atoms with Crippen LogP contribution in [0.25, 0.3) is 6.08 Å². The van der Waals surface area contributed by atoms with E-state index in [1.807, 2.05) is 17.5 Å². The van der Waals surface area contributed by atoms with Crippen molar-refractivity contribution >= 4 is 34.7 Å². The van der Waals surface area contributed by atoms with Gasteiger partial charge < -0.3 is 15.8 Å². The molecule has 2 rings (SSSR count). The molecule has 1 amide bonds. The highest BCUT2D eigenvalue weighted by Gasteiger charge is 2.03. The van der Waals surface area contributed by atoms with Crippen LogP contribution in [-0.2, 0) is 4.79 Å². The number of nitrogens with two attached hydrogens (primary N) is 1. The molecular weight excluding hydrogens is 260 g/mol. The van der Waals surface area contributed by atoms with Gasteiger partial charge in [-0.25, -0.2) is 0 Å². The van der Waals surface area contributed by atoms with Crippen molar-refractivity contribution in [2.45, 2.75) is 0 Å². The topological polar surface area (TPSA) is 64.3 Å². The summed E-state index contributed by atoms with van der Waals surface area (Å²) in [6.45, 7) is 0. The summed E-state index contributed by atoms with van der Waals surface area (Å²) in [4.78, 5) is 12.8. The fourth-order valence-corrected chi connectivity index (χ4v) is 2.13. The number of carbonyl (C=O) groups excluding carboxylic acids is 1. The number of hydrogen-bond acceptors (Lipinski definition) is 4. The summed E-state index contributed by atoms with van der Waals surface area (Å²) in [5, 5.41) is 4.71. The van der Waals surface area contributed by atoms with Gasteiger partial charge in [0.2, 0.25) is 5.91 Å². The SMILES string of the molecule is COc1cc(NC(=O)C=Cc2cccs2)ccc1N. The summed E-state index contributed by atoms with van der Waals surface area (Å²) in [5.41, 5.74) is 6.89. The summed E-state index contributed by atoms with van der Waals surface area (Å²) in [6, 6.07) is 8.99. The molecule has 0 atom stereocenters. The summed E-state index contributed by atoms with van der Waals surface area (Å²) in [6.07, 6.45) is 3.27. The number of hydrogen-bond donors (Lipinski definition) is 2. The Hall–Kier alpha value is -2.27. The molecule has 0 aliphatic carbocycles. The van der Waals surface area contributed by atoms with E-state index in [-0.39, 0.29) is 5.91 Å². The van der Waals surface area contributed by atoms with E-state index in [1.54, 1.807) is 35.6 Å². The molecule has 0 saturated carbocycles. The molecule has 2 aromatic rings. The molecule has 1 aromatic carbocycles. The number of thiophene rings is 1. The molecule has 98 valence electrons. The maximum absolute atomic E-state index is 11.7. The maximum Gasteiger partial charge on any atom is 0.248 e. The van der Waals surface area contributed by atoms with Crippen LogP contribution in [0.2, 0.25) is 0 Å². The van der Waals surface area contributed by atoms with Crippen molar-refractivity contribution in [3.63, 3.8) is 0 Å². The monoisotopic (exact) mass is 274 g/mol. The van der Waals surface area contributed by atoms with E-state index < -0.39 is 0 Å². The molecule has 0 aliphatic rings. The minimum atomic E-state index is -0.194. The highest BCUT2D eigenvalue weighted by atomic mass is 32.1. The predicted octanol–water partition coefficient (Wildman–Crippen LogP) is 2.99. The third-order valence-electron chi connectivity index (χ3n) is 2.44. The van der Waals surface area contributed by atoms with Gasteiger partial charge in [0.05, 0.1) is 12.8 Å². The van der Waals surface area contributed by atoms with Crippen LogP contribution >= 0.6 is 11.3 Å².